The normalized spacial score (nSPS) is 11.7. The van der Waals surface area contributed by atoms with E-state index in [1.165, 1.54) is 24.8 Å². The quantitative estimate of drug-likeness (QED) is 0.410. The van der Waals surface area contributed by atoms with E-state index in [1.54, 1.807) is 13.0 Å². The summed E-state index contributed by atoms with van der Waals surface area (Å²) in [5.41, 5.74) is 2.53. The number of Topliss-reactive ketones (excluding diaryl/α,β-unsaturated/α-hetero) is 1. The number of carbonyl (C=O) groups excluding carboxylic acids is 1. The number of nitrogens with zero attached hydrogens (tertiary/aromatic N) is 5. The zero-order valence-electron chi connectivity index (χ0n) is 16.8. The van der Waals surface area contributed by atoms with E-state index < -0.39 is 12.7 Å². The predicted molar refractivity (Wildman–Crippen MR) is 105 cm³/mol. The second kappa shape index (κ2) is 8.50. The van der Waals surface area contributed by atoms with Gasteiger partial charge in [-0.15, -0.1) is 5.10 Å². The van der Waals surface area contributed by atoms with Crippen LogP contribution in [0, 0.1) is 20.8 Å². The fourth-order valence-corrected chi connectivity index (χ4v) is 3.87. The molecular weight excluding hydrogens is 419 g/mol. The van der Waals surface area contributed by atoms with Gasteiger partial charge >= 0.3 is 6.18 Å². The van der Waals surface area contributed by atoms with Crippen molar-refractivity contribution in [2.24, 2.45) is 0 Å². The number of aromatic nitrogens is 5. The highest BCUT2D eigenvalue weighted by atomic mass is 32.2. The van der Waals surface area contributed by atoms with E-state index in [9.17, 15) is 18.0 Å². The monoisotopic (exact) mass is 439 g/mol. The van der Waals surface area contributed by atoms with E-state index in [2.05, 4.69) is 15.5 Å². The molecule has 0 aliphatic heterocycles. The van der Waals surface area contributed by atoms with Gasteiger partial charge in [-0.3, -0.25) is 4.79 Å². The number of methoxy groups -OCH3 is 1. The van der Waals surface area contributed by atoms with Crippen molar-refractivity contribution in [2.75, 3.05) is 12.9 Å². The molecule has 0 aliphatic carbocycles. The molecule has 11 heteroatoms. The van der Waals surface area contributed by atoms with Crippen LogP contribution in [0.3, 0.4) is 0 Å². The average Bonchev–Trinajstić information content (AvgIpc) is 3.25. The van der Waals surface area contributed by atoms with Crippen LogP contribution < -0.4 is 4.74 Å². The van der Waals surface area contributed by atoms with Crippen LogP contribution in [0.25, 0.3) is 5.69 Å². The van der Waals surface area contributed by atoms with Gasteiger partial charge in [0, 0.05) is 17.0 Å². The van der Waals surface area contributed by atoms with Crippen molar-refractivity contribution in [3.05, 3.63) is 46.8 Å². The van der Waals surface area contributed by atoms with Gasteiger partial charge in [-0.25, -0.2) is 0 Å². The van der Waals surface area contributed by atoms with Gasteiger partial charge in [-0.05, 0) is 55.0 Å². The van der Waals surface area contributed by atoms with Crippen molar-refractivity contribution < 1.29 is 22.7 Å². The number of aryl methyl sites for hydroxylation is 2. The van der Waals surface area contributed by atoms with E-state index in [4.69, 9.17) is 4.74 Å². The average molecular weight is 439 g/mol. The molecule has 0 saturated heterocycles. The van der Waals surface area contributed by atoms with E-state index in [0.29, 0.717) is 22.3 Å². The van der Waals surface area contributed by atoms with Gasteiger partial charge in [0.05, 0.1) is 12.9 Å². The van der Waals surface area contributed by atoms with Gasteiger partial charge in [-0.2, -0.15) is 17.9 Å². The number of hydrogen-bond acceptors (Lipinski definition) is 6. The Morgan fingerprint density at radius 3 is 2.60 bits per heavy atom. The Kier molecular flexibility index (Phi) is 6.20. The van der Waals surface area contributed by atoms with Crippen LogP contribution in [-0.2, 0) is 6.54 Å². The molecule has 3 aromatic rings. The Hall–Kier alpha value is -2.82. The lowest BCUT2D eigenvalue weighted by molar-refractivity contribution is -0.141. The molecule has 0 spiro atoms. The van der Waals surface area contributed by atoms with Crippen molar-refractivity contribution in [1.29, 1.82) is 0 Å². The Morgan fingerprint density at radius 1 is 1.20 bits per heavy atom. The maximum absolute atomic E-state index is 12.8. The van der Waals surface area contributed by atoms with Gasteiger partial charge in [0.1, 0.15) is 18.0 Å². The highest BCUT2D eigenvalue weighted by molar-refractivity contribution is 7.99. The molecule has 1 aromatic carbocycles. The molecule has 2 aromatic heterocycles. The van der Waals surface area contributed by atoms with Crippen molar-refractivity contribution in [3.63, 3.8) is 0 Å². The minimum Gasteiger partial charge on any atom is -0.494 e. The van der Waals surface area contributed by atoms with Crippen molar-refractivity contribution in [1.82, 2.24) is 24.8 Å². The lowest BCUT2D eigenvalue weighted by Gasteiger charge is -2.12. The summed E-state index contributed by atoms with van der Waals surface area (Å²) in [6.45, 7) is 3.85. The standard InChI is InChI=1S/C19H20F3N5O2S/c1-11-5-6-17(29-4)15(7-11)27-18(23-24-25-27)30-9-16(28)14-8-12(2)26(13(14)3)10-19(20,21)22/h5-8H,9-10H2,1-4H3. The third-order valence-corrected chi connectivity index (χ3v) is 5.47. The molecule has 30 heavy (non-hydrogen) atoms. The molecule has 0 amide bonds. The maximum Gasteiger partial charge on any atom is 0.406 e. The highest BCUT2D eigenvalue weighted by Crippen LogP contribution is 2.28. The number of hydrogen-bond donors (Lipinski definition) is 0. The Morgan fingerprint density at radius 2 is 1.93 bits per heavy atom. The van der Waals surface area contributed by atoms with Crippen LogP contribution in [0.2, 0.25) is 0 Å². The number of ketones is 1. The number of carbonyl (C=O) groups is 1. The number of tetrazole rings is 1. The Balaban J connectivity index is 1.80. The molecule has 0 unspecified atom stereocenters. The Bertz CT molecular complexity index is 1070. The lowest BCUT2D eigenvalue weighted by atomic mass is 10.2. The highest BCUT2D eigenvalue weighted by Gasteiger charge is 2.30. The fraction of sp³-hybridized carbons (Fsp3) is 0.368. The summed E-state index contributed by atoms with van der Waals surface area (Å²) >= 11 is 1.10. The molecule has 3 rings (SSSR count). The van der Waals surface area contributed by atoms with Crippen molar-refractivity contribution in [3.8, 4) is 11.4 Å². The molecule has 2 heterocycles. The first-order valence-electron chi connectivity index (χ1n) is 8.93. The lowest BCUT2D eigenvalue weighted by Crippen LogP contribution is -2.19. The number of ether oxygens (including phenoxy) is 1. The van der Waals surface area contributed by atoms with E-state index in [-0.39, 0.29) is 22.8 Å². The van der Waals surface area contributed by atoms with Crippen LogP contribution in [0.5, 0.6) is 5.75 Å². The van der Waals surface area contributed by atoms with Crippen LogP contribution in [0.15, 0.2) is 29.4 Å². The maximum atomic E-state index is 12.8. The first kappa shape index (κ1) is 21.9. The van der Waals surface area contributed by atoms with E-state index in [1.807, 2.05) is 19.1 Å². The predicted octanol–water partition coefficient (Wildman–Crippen LogP) is 3.93. The zero-order chi connectivity index (χ0) is 22.1. The van der Waals surface area contributed by atoms with Gasteiger partial charge in [-0.1, -0.05) is 17.8 Å². The third kappa shape index (κ3) is 4.66. The minimum atomic E-state index is -4.36. The molecule has 0 radical (unpaired) electrons. The minimum absolute atomic E-state index is 0.0230. The summed E-state index contributed by atoms with van der Waals surface area (Å²) in [7, 11) is 1.53. The van der Waals surface area contributed by atoms with Crippen molar-refractivity contribution >= 4 is 17.5 Å². The summed E-state index contributed by atoms with van der Waals surface area (Å²) in [5.74, 6) is 0.245. The van der Waals surface area contributed by atoms with Crippen molar-refractivity contribution in [2.45, 2.75) is 38.6 Å². The SMILES string of the molecule is COc1ccc(C)cc1-n1nnnc1SCC(=O)c1cc(C)n(CC(F)(F)F)c1C. The molecule has 0 N–H and O–H groups in total. The second-order valence-electron chi connectivity index (χ2n) is 6.75. The molecule has 7 nitrogen and oxygen atoms in total. The molecular formula is C19H20F3N5O2S. The summed E-state index contributed by atoms with van der Waals surface area (Å²) in [5, 5.41) is 12.0. The molecule has 160 valence electrons. The van der Waals surface area contributed by atoms with Gasteiger partial charge < -0.3 is 9.30 Å². The van der Waals surface area contributed by atoms with Crippen LogP contribution in [0.1, 0.15) is 27.3 Å². The van der Waals surface area contributed by atoms with Crippen LogP contribution >= 0.6 is 11.8 Å². The number of alkyl halides is 3. The van der Waals surface area contributed by atoms with E-state index in [0.717, 1.165) is 21.9 Å². The summed E-state index contributed by atoms with van der Waals surface area (Å²) < 4.78 is 46.3. The summed E-state index contributed by atoms with van der Waals surface area (Å²) in [6.07, 6.45) is -4.36. The molecule has 0 bridgehead atoms. The van der Waals surface area contributed by atoms with Gasteiger partial charge in [0.25, 0.3) is 0 Å². The molecule has 0 atom stereocenters. The third-order valence-electron chi connectivity index (χ3n) is 4.55. The molecule has 0 aliphatic rings. The molecule has 0 fully saturated rings. The number of halogens is 3. The summed E-state index contributed by atoms with van der Waals surface area (Å²) in [4.78, 5) is 12.7. The fourth-order valence-electron chi connectivity index (χ4n) is 3.10. The topological polar surface area (TPSA) is 74.8 Å². The number of rotatable bonds is 7. The molecule has 0 saturated carbocycles. The van der Waals surface area contributed by atoms with Crippen LogP contribution in [0.4, 0.5) is 13.2 Å². The second-order valence-corrected chi connectivity index (χ2v) is 7.69. The van der Waals surface area contributed by atoms with Crippen LogP contribution in [-0.4, -0.2) is 49.6 Å². The first-order valence-corrected chi connectivity index (χ1v) is 9.92. The van der Waals surface area contributed by atoms with Gasteiger partial charge in [0.15, 0.2) is 5.78 Å². The zero-order valence-corrected chi connectivity index (χ0v) is 17.6. The number of benzene rings is 1. The largest absolute Gasteiger partial charge is 0.494 e. The van der Waals surface area contributed by atoms with E-state index >= 15 is 0 Å². The first-order chi connectivity index (χ1) is 14.1. The van der Waals surface area contributed by atoms with Gasteiger partial charge in [0.2, 0.25) is 5.16 Å². The summed E-state index contributed by atoms with van der Waals surface area (Å²) in [6, 6.07) is 7.02. The smallest absolute Gasteiger partial charge is 0.406 e. The number of thioether (sulfide) groups is 1. The Labute approximate surface area is 175 Å².